The zero-order valence-corrected chi connectivity index (χ0v) is 7.11. The second kappa shape index (κ2) is 2.91. The number of carbonyl (C=O) groups excluding carboxylic acids is 1. The van der Waals surface area contributed by atoms with E-state index in [4.69, 9.17) is 10.8 Å². The molecule has 3 N–H and O–H groups in total. The first-order chi connectivity index (χ1) is 6.77. The first-order valence-electron chi connectivity index (χ1n) is 3.87. The maximum atomic E-state index is 10.7. The summed E-state index contributed by atoms with van der Waals surface area (Å²) < 4.78 is 1.28. The van der Waals surface area contributed by atoms with Crippen molar-refractivity contribution in [2.45, 2.75) is 0 Å². The van der Waals surface area contributed by atoms with Crippen LogP contribution in [0.2, 0.25) is 0 Å². The molecule has 2 rings (SSSR count). The van der Waals surface area contributed by atoms with E-state index in [1.807, 2.05) is 0 Å². The lowest BCUT2D eigenvalue weighted by Gasteiger charge is -2.00. The van der Waals surface area contributed by atoms with E-state index in [-0.39, 0.29) is 5.49 Å². The lowest BCUT2D eigenvalue weighted by Crippen LogP contribution is -2.19. The van der Waals surface area contributed by atoms with Gasteiger partial charge in [0.15, 0.2) is 11.9 Å². The van der Waals surface area contributed by atoms with Gasteiger partial charge in [0, 0.05) is 6.20 Å². The maximum absolute atomic E-state index is 10.7. The number of hydrogen-bond acceptors (Lipinski definition) is 4. The normalized spacial score (nSPS) is 10.3. The van der Waals surface area contributed by atoms with Crippen molar-refractivity contribution < 1.29 is 4.79 Å². The molecule has 6 nitrogen and oxygen atoms in total. The number of rotatable bonds is 2. The van der Waals surface area contributed by atoms with Gasteiger partial charge >= 0.3 is 0 Å². The van der Waals surface area contributed by atoms with Gasteiger partial charge in [-0.2, -0.15) is 0 Å². The van der Waals surface area contributed by atoms with E-state index in [0.29, 0.717) is 23.0 Å². The van der Waals surface area contributed by atoms with E-state index in [1.54, 1.807) is 0 Å². The van der Waals surface area contributed by atoms with Gasteiger partial charge in [0.2, 0.25) is 0 Å². The molecule has 0 bridgehead atoms. The van der Waals surface area contributed by atoms with Crippen LogP contribution in [0.4, 0.5) is 0 Å². The van der Waals surface area contributed by atoms with Gasteiger partial charge < -0.3 is 4.98 Å². The van der Waals surface area contributed by atoms with Crippen LogP contribution < -0.4 is 5.49 Å². The fourth-order valence-corrected chi connectivity index (χ4v) is 1.30. The molecule has 0 unspecified atom stereocenters. The molecule has 0 aliphatic carbocycles. The Morgan fingerprint density at radius 2 is 2.36 bits per heavy atom. The van der Waals surface area contributed by atoms with Crippen LogP contribution in [0.5, 0.6) is 0 Å². The highest BCUT2D eigenvalue weighted by Crippen LogP contribution is 2.10. The van der Waals surface area contributed by atoms with E-state index in [9.17, 15) is 4.79 Å². The molecule has 2 heterocycles. The number of aromatic nitrogens is 3. The molecule has 0 aromatic carbocycles. The number of nitrogens with one attached hydrogen (secondary N) is 3. The molecule has 70 valence electrons. The first kappa shape index (κ1) is 8.36. The summed E-state index contributed by atoms with van der Waals surface area (Å²) in [7, 11) is 0. The Kier molecular flexibility index (Phi) is 1.74. The molecule has 0 saturated heterocycles. The fourth-order valence-electron chi connectivity index (χ4n) is 1.30. The predicted molar refractivity (Wildman–Crippen MR) is 49.5 cm³/mol. The van der Waals surface area contributed by atoms with Gasteiger partial charge in [-0.05, 0) is 0 Å². The van der Waals surface area contributed by atoms with Crippen molar-refractivity contribution in [3.63, 3.8) is 0 Å². The predicted octanol–water partition coefficient (Wildman–Crippen LogP) is 0.112. The zero-order chi connectivity index (χ0) is 10.1. The minimum absolute atomic E-state index is 0.0650. The lowest BCUT2D eigenvalue weighted by atomic mass is 10.3. The molecule has 0 aliphatic heterocycles. The average Bonchev–Trinajstić information content (AvgIpc) is 2.61. The Labute approximate surface area is 78.2 Å². The van der Waals surface area contributed by atoms with E-state index in [1.165, 1.54) is 17.0 Å². The number of nitrogens with zero attached hydrogens (tertiary/aromatic N) is 2. The van der Waals surface area contributed by atoms with Crippen molar-refractivity contribution in [2.75, 3.05) is 0 Å². The van der Waals surface area contributed by atoms with Gasteiger partial charge in [-0.15, -0.1) is 0 Å². The highest BCUT2D eigenvalue weighted by molar-refractivity contribution is 5.95. The van der Waals surface area contributed by atoms with E-state index in [2.05, 4.69) is 9.97 Å². The lowest BCUT2D eigenvalue weighted by molar-refractivity contribution is 0.112. The molecular formula is C8H7N5O. The van der Waals surface area contributed by atoms with Crippen molar-refractivity contribution in [1.29, 1.82) is 10.8 Å². The van der Waals surface area contributed by atoms with Crippen molar-refractivity contribution in [3.8, 4) is 0 Å². The Balaban J connectivity index is 3.03. The van der Waals surface area contributed by atoms with Crippen LogP contribution in [0.1, 0.15) is 10.4 Å². The highest BCUT2D eigenvalue weighted by atomic mass is 16.1. The van der Waals surface area contributed by atoms with Gasteiger partial charge in [-0.25, -0.2) is 4.98 Å². The second-order valence-electron chi connectivity index (χ2n) is 2.70. The largest absolute Gasteiger partial charge is 0.344 e. The molecule has 0 radical (unpaired) electrons. The van der Waals surface area contributed by atoms with Crippen LogP contribution in [0.3, 0.4) is 0 Å². The van der Waals surface area contributed by atoms with Crippen molar-refractivity contribution in [1.82, 2.24) is 14.5 Å². The third kappa shape index (κ3) is 0.972. The summed E-state index contributed by atoms with van der Waals surface area (Å²) in [4.78, 5) is 17.4. The number of fused-ring (bicyclic) bond motifs is 1. The quantitative estimate of drug-likeness (QED) is 0.355. The van der Waals surface area contributed by atoms with Crippen molar-refractivity contribution in [2.24, 2.45) is 0 Å². The van der Waals surface area contributed by atoms with Crippen LogP contribution in [0.25, 0.3) is 11.2 Å². The molecule has 0 aliphatic rings. The smallest absolute Gasteiger partial charge is 0.155 e. The number of carbonyl (C=O) groups is 1. The molecule has 2 aromatic heterocycles. The van der Waals surface area contributed by atoms with Gasteiger partial charge in [-0.1, -0.05) is 0 Å². The Morgan fingerprint density at radius 3 is 3.00 bits per heavy atom. The minimum atomic E-state index is 0.0650. The zero-order valence-electron chi connectivity index (χ0n) is 7.11. The van der Waals surface area contributed by atoms with Crippen molar-refractivity contribution >= 4 is 23.8 Å². The Bertz CT molecular complexity index is 565. The van der Waals surface area contributed by atoms with Crippen molar-refractivity contribution in [3.05, 3.63) is 23.4 Å². The molecule has 0 amide bonds. The number of H-pyrrole nitrogens is 1. The van der Waals surface area contributed by atoms with Crippen LogP contribution in [0, 0.1) is 10.8 Å². The fraction of sp³-hybridized carbons (Fsp3) is 0. The van der Waals surface area contributed by atoms with Gasteiger partial charge in [0.1, 0.15) is 11.0 Å². The monoisotopic (exact) mass is 189 g/mol. The molecule has 0 atom stereocenters. The molecule has 6 heteroatoms. The summed E-state index contributed by atoms with van der Waals surface area (Å²) in [6.45, 7) is 0. The summed E-state index contributed by atoms with van der Waals surface area (Å²) in [6, 6.07) is 0. The molecular weight excluding hydrogens is 182 g/mol. The van der Waals surface area contributed by atoms with E-state index in [0.717, 1.165) is 6.34 Å². The van der Waals surface area contributed by atoms with E-state index < -0.39 is 0 Å². The van der Waals surface area contributed by atoms with E-state index >= 15 is 0 Å². The summed E-state index contributed by atoms with van der Waals surface area (Å²) >= 11 is 0. The summed E-state index contributed by atoms with van der Waals surface area (Å²) in [6.07, 6.45) is 4.47. The minimum Gasteiger partial charge on any atom is -0.344 e. The average molecular weight is 189 g/mol. The Morgan fingerprint density at radius 1 is 1.57 bits per heavy atom. The van der Waals surface area contributed by atoms with Crippen LogP contribution >= 0.6 is 0 Å². The third-order valence-corrected chi connectivity index (χ3v) is 1.93. The van der Waals surface area contributed by atoms with Crippen LogP contribution in [0.15, 0.2) is 12.4 Å². The SMILES string of the molecule is N=Cn1c(=N)cnc2[nH]cc(C=O)c21. The van der Waals surface area contributed by atoms with Crippen LogP contribution in [-0.4, -0.2) is 27.2 Å². The van der Waals surface area contributed by atoms with Gasteiger partial charge in [0.05, 0.1) is 18.1 Å². The highest BCUT2D eigenvalue weighted by Gasteiger charge is 2.07. The third-order valence-electron chi connectivity index (χ3n) is 1.93. The topological polar surface area (TPSA) is 98.4 Å². The molecule has 14 heavy (non-hydrogen) atoms. The molecule has 0 saturated carbocycles. The second-order valence-corrected chi connectivity index (χ2v) is 2.70. The van der Waals surface area contributed by atoms with Gasteiger partial charge in [-0.3, -0.25) is 20.2 Å². The number of aldehydes is 1. The maximum Gasteiger partial charge on any atom is 0.155 e. The van der Waals surface area contributed by atoms with Gasteiger partial charge in [0.25, 0.3) is 0 Å². The molecule has 2 aromatic rings. The standard InChI is InChI=1S/C8H7N5O/c9-4-13-6(10)2-12-8-7(13)5(3-14)1-11-8/h1-4,9-11H. The Hall–Kier alpha value is -2.24. The molecule has 0 fully saturated rings. The number of aromatic amines is 1. The first-order valence-corrected chi connectivity index (χ1v) is 3.87. The summed E-state index contributed by atoms with van der Waals surface area (Å²) in [5, 5.41) is 14.6. The summed E-state index contributed by atoms with van der Waals surface area (Å²) in [5.74, 6) is 0. The number of hydrogen-bond donors (Lipinski definition) is 3. The van der Waals surface area contributed by atoms with Crippen LogP contribution in [-0.2, 0) is 0 Å². The molecule has 0 spiro atoms. The summed E-state index contributed by atoms with van der Waals surface area (Å²) in [5.41, 5.74) is 1.41.